The SMILES string of the molecule is CCCN1CCN(Cc2c(-c3ccc(C)n3C)nc3ccc(-c4cccc(C)c4)cn23)CC1. The van der Waals surface area contributed by atoms with Crippen molar-refractivity contribution in [3.63, 3.8) is 0 Å². The van der Waals surface area contributed by atoms with Crippen molar-refractivity contribution < 1.29 is 0 Å². The van der Waals surface area contributed by atoms with Gasteiger partial charge in [-0.3, -0.25) is 4.90 Å². The molecule has 0 radical (unpaired) electrons. The fourth-order valence-corrected chi connectivity index (χ4v) is 4.99. The van der Waals surface area contributed by atoms with Gasteiger partial charge in [-0.1, -0.05) is 36.8 Å². The number of nitrogens with zero attached hydrogens (tertiary/aromatic N) is 5. The Morgan fingerprint density at radius 1 is 0.879 bits per heavy atom. The molecule has 0 unspecified atom stereocenters. The normalized spacial score (nSPS) is 15.5. The summed E-state index contributed by atoms with van der Waals surface area (Å²) in [6, 6.07) is 17.5. The van der Waals surface area contributed by atoms with E-state index in [-0.39, 0.29) is 0 Å². The summed E-state index contributed by atoms with van der Waals surface area (Å²) in [6.07, 6.45) is 3.51. The molecule has 4 aromatic rings. The predicted molar refractivity (Wildman–Crippen MR) is 137 cm³/mol. The maximum Gasteiger partial charge on any atom is 0.137 e. The fourth-order valence-electron chi connectivity index (χ4n) is 4.99. The van der Waals surface area contributed by atoms with E-state index in [0.29, 0.717) is 0 Å². The second kappa shape index (κ2) is 9.16. The lowest BCUT2D eigenvalue weighted by molar-refractivity contribution is 0.126. The maximum absolute atomic E-state index is 5.12. The molecule has 5 heteroatoms. The van der Waals surface area contributed by atoms with Gasteiger partial charge in [0.15, 0.2) is 0 Å². The van der Waals surface area contributed by atoms with Crippen LogP contribution >= 0.6 is 0 Å². The molecule has 1 fully saturated rings. The molecule has 0 aliphatic carbocycles. The lowest BCUT2D eigenvalue weighted by Gasteiger charge is -2.34. The Hall–Kier alpha value is -2.89. The molecule has 1 aliphatic heterocycles. The van der Waals surface area contributed by atoms with E-state index in [1.54, 1.807) is 0 Å². The first-order valence-corrected chi connectivity index (χ1v) is 12.2. The van der Waals surface area contributed by atoms with E-state index in [1.165, 1.54) is 46.7 Å². The van der Waals surface area contributed by atoms with Crippen LogP contribution in [0.1, 0.15) is 30.3 Å². The Morgan fingerprint density at radius 2 is 1.67 bits per heavy atom. The third-order valence-corrected chi connectivity index (χ3v) is 7.06. The van der Waals surface area contributed by atoms with Crippen LogP contribution in [0.5, 0.6) is 0 Å². The number of imidazole rings is 1. The van der Waals surface area contributed by atoms with Crippen LogP contribution in [0.2, 0.25) is 0 Å². The van der Waals surface area contributed by atoms with Crippen molar-refractivity contribution in [3.05, 3.63) is 71.7 Å². The minimum atomic E-state index is 0.915. The van der Waals surface area contributed by atoms with Crippen molar-refractivity contribution in [2.24, 2.45) is 7.05 Å². The van der Waals surface area contributed by atoms with E-state index >= 15 is 0 Å². The van der Waals surface area contributed by atoms with Gasteiger partial charge in [0.2, 0.25) is 0 Å². The average Bonchev–Trinajstić information content (AvgIpc) is 3.34. The molecule has 1 saturated heterocycles. The molecule has 172 valence electrons. The van der Waals surface area contributed by atoms with E-state index in [9.17, 15) is 0 Å². The highest BCUT2D eigenvalue weighted by Crippen LogP contribution is 2.29. The van der Waals surface area contributed by atoms with Crippen LogP contribution < -0.4 is 0 Å². The van der Waals surface area contributed by atoms with Gasteiger partial charge in [0.1, 0.15) is 11.3 Å². The number of pyridine rings is 1. The summed E-state index contributed by atoms with van der Waals surface area (Å²) in [5.41, 5.74) is 9.60. The summed E-state index contributed by atoms with van der Waals surface area (Å²) in [5, 5.41) is 0. The molecule has 0 N–H and O–H groups in total. The van der Waals surface area contributed by atoms with Crippen molar-refractivity contribution >= 4 is 5.65 Å². The summed E-state index contributed by atoms with van der Waals surface area (Å²) in [4.78, 5) is 10.3. The number of hydrogen-bond acceptors (Lipinski definition) is 3. The van der Waals surface area contributed by atoms with Crippen LogP contribution in [0.4, 0.5) is 0 Å². The summed E-state index contributed by atoms with van der Waals surface area (Å²) in [7, 11) is 2.14. The van der Waals surface area contributed by atoms with Gasteiger partial charge in [-0.15, -0.1) is 0 Å². The van der Waals surface area contributed by atoms with E-state index in [1.807, 2.05) is 0 Å². The van der Waals surface area contributed by atoms with Crippen LogP contribution in [0.15, 0.2) is 54.7 Å². The number of aromatic nitrogens is 3. The minimum Gasteiger partial charge on any atom is -0.347 e. The van der Waals surface area contributed by atoms with Gasteiger partial charge in [-0.05, 0) is 62.2 Å². The number of hydrogen-bond donors (Lipinski definition) is 0. The Labute approximate surface area is 197 Å². The maximum atomic E-state index is 5.12. The summed E-state index contributed by atoms with van der Waals surface area (Å²) >= 11 is 0. The van der Waals surface area contributed by atoms with Gasteiger partial charge in [-0.25, -0.2) is 4.98 Å². The molecule has 0 amide bonds. The van der Waals surface area contributed by atoms with Gasteiger partial charge in [0.05, 0.1) is 11.4 Å². The Bertz CT molecular complexity index is 1260. The van der Waals surface area contributed by atoms with Crippen molar-refractivity contribution in [3.8, 4) is 22.5 Å². The van der Waals surface area contributed by atoms with E-state index < -0.39 is 0 Å². The molecule has 4 heterocycles. The molecule has 3 aromatic heterocycles. The van der Waals surface area contributed by atoms with Crippen LogP contribution in [0.3, 0.4) is 0 Å². The van der Waals surface area contributed by atoms with Crippen LogP contribution in [0, 0.1) is 13.8 Å². The van der Waals surface area contributed by atoms with Crippen molar-refractivity contribution in [1.82, 2.24) is 23.8 Å². The molecule has 5 nitrogen and oxygen atoms in total. The van der Waals surface area contributed by atoms with Gasteiger partial charge in [0.25, 0.3) is 0 Å². The first-order chi connectivity index (χ1) is 16.0. The lowest BCUT2D eigenvalue weighted by Crippen LogP contribution is -2.46. The highest BCUT2D eigenvalue weighted by atomic mass is 15.3. The molecular formula is C28H35N5. The van der Waals surface area contributed by atoms with Gasteiger partial charge in [-0.2, -0.15) is 0 Å². The predicted octanol–water partition coefficient (Wildman–Crippen LogP) is 5.15. The highest BCUT2D eigenvalue weighted by Gasteiger charge is 2.22. The highest BCUT2D eigenvalue weighted by molar-refractivity contribution is 5.69. The molecule has 0 spiro atoms. The standard InChI is InChI=1S/C28H35N5/c1-5-13-31-14-16-32(17-15-31)20-26-28(25-11-9-22(3)30(25)4)29-27-12-10-24(19-33(26)27)23-8-6-7-21(2)18-23/h6-12,18-19H,5,13-17,20H2,1-4H3. The van der Waals surface area contributed by atoms with Crippen LogP contribution in [-0.4, -0.2) is 56.5 Å². The van der Waals surface area contributed by atoms with Crippen molar-refractivity contribution in [2.45, 2.75) is 33.7 Å². The minimum absolute atomic E-state index is 0.915. The topological polar surface area (TPSA) is 28.7 Å². The number of aryl methyl sites for hydroxylation is 2. The molecule has 5 rings (SSSR count). The molecule has 1 aromatic carbocycles. The van der Waals surface area contributed by atoms with E-state index in [2.05, 4.69) is 101 Å². The zero-order chi connectivity index (χ0) is 22.9. The number of piperazine rings is 1. The quantitative estimate of drug-likeness (QED) is 0.414. The van der Waals surface area contributed by atoms with Gasteiger partial charge < -0.3 is 13.9 Å². The number of fused-ring (bicyclic) bond motifs is 1. The molecular weight excluding hydrogens is 406 g/mol. The largest absolute Gasteiger partial charge is 0.347 e. The third kappa shape index (κ3) is 4.35. The Balaban J connectivity index is 1.56. The van der Waals surface area contributed by atoms with Crippen molar-refractivity contribution in [2.75, 3.05) is 32.7 Å². The molecule has 0 atom stereocenters. The van der Waals surface area contributed by atoms with Crippen molar-refractivity contribution in [1.29, 1.82) is 0 Å². The fraction of sp³-hybridized carbons (Fsp3) is 0.393. The molecule has 33 heavy (non-hydrogen) atoms. The van der Waals surface area contributed by atoms with E-state index in [0.717, 1.165) is 44.1 Å². The molecule has 0 bridgehead atoms. The number of rotatable bonds is 6. The second-order valence-corrected chi connectivity index (χ2v) is 9.46. The average molecular weight is 442 g/mol. The summed E-state index contributed by atoms with van der Waals surface area (Å²) in [5.74, 6) is 0. The second-order valence-electron chi connectivity index (χ2n) is 9.46. The zero-order valence-corrected chi connectivity index (χ0v) is 20.4. The third-order valence-electron chi connectivity index (χ3n) is 7.06. The molecule has 0 saturated carbocycles. The van der Waals surface area contributed by atoms with E-state index in [4.69, 9.17) is 4.98 Å². The van der Waals surface area contributed by atoms with Gasteiger partial charge in [0, 0.05) is 51.7 Å². The monoisotopic (exact) mass is 441 g/mol. The summed E-state index contributed by atoms with van der Waals surface area (Å²) in [6.45, 7) is 13.2. The Morgan fingerprint density at radius 3 is 2.36 bits per heavy atom. The van der Waals surface area contributed by atoms with Crippen LogP contribution in [-0.2, 0) is 13.6 Å². The summed E-state index contributed by atoms with van der Waals surface area (Å²) < 4.78 is 4.58. The zero-order valence-electron chi connectivity index (χ0n) is 20.4. The first-order valence-electron chi connectivity index (χ1n) is 12.2. The van der Waals surface area contributed by atoms with Crippen LogP contribution in [0.25, 0.3) is 28.2 Å². The number of benzene rings is 1. The van der Waals surface area contributed by atoms with Gasteiger partial charge >= 0.3 is 0 Å². The smallest absolute Gasteiger partial charge is 0.137 e. The Kier molecular flexibility index (Phi) is 6.09. The first kappa shape index (κ1) is 21.9. The molecule has 1 aliphatic rings. The lowest BCUT2D eigenvalue weighted by atomic mass is 10.1.